The zero-order chi connectivity index (χ0) is 18.4. The molecular weight excluding hydrogens is 352 g/mol. The Kier molecular flexibility index (Phi) is 5.95. The lowest BCUT2D eigenvalue weighted by Gasteiger charge is -2.31. The van der Waals surface area contributed by atoms with Gasteiger partial charge >= 0.3 is 0 Å². The summed E-state index contributed by atoms with van der Waals surface area (Å²) >= 11 is 6.39. The number of benzene rings is 2. The summed E-state index contributed by atoms with van der Waals surface area (Å²) in [6.07, 6.45) is 0. The molecule has 6 nitrogen and oxygen atoms in total. The van der Waals surface area contributed by atoms with Crippen LogP contribution in [0.3, 0.4) is 0 Å². The van der Waals surface area contributed by atoms with Crippen LogP contribution in [-0.4, -0.2) is 38.8 Å². The summed E-state index contributed by atoms with van der Waals surface area (Å²) in [7, 11) is 0. The fourth-order valence-corrected chi connectivity index (χ4v) is 3.11. The molecule has 2 aromatic carbocycles. The number of nitrogens with one attached hydrogen (secondary N) is 2. The third kappa shape index (κ3) is 4.45. The Balaban J connectivity index is 1.66. The predicted octanol–water partition coefficient (Wildman–Crippen LogP) is 3.10. The molecule has 26 heavy (non-hydrogen) atoms. The highest BCUT2D eigenvalue weighted by molar-refractivity contribution is 6.34. The van der Waals surface area contributed by atoms with E-state index in [-0.39, 0.29) is 12.5 Å². The van der Waals surface area contributed by atoms with Crippen LogP contribution in [0.15, 0.2) is 42.5 Å². The zero-order valence-electron chi connectivity index (χ0n) is 14.2. The molecule has 0 spiro atoms. The number of rotatable bonds is 5. The largest absolute Gasteiger partial charge is 0.378 e. The van der Waals surface area contributed by atoms with Gasteiger partial charge in [-0.2, -0.15) is 5.26 Å². The van der Waals surface area contributed by atoms with E-state index in [2.05, 4.69) is 21.6 Å². The maximum atomic E-state index is 12.2. The van der Waals surface area contributed by atoms with Gasteiger partial charge in [-0.3, -0.25) is 4.79 Å². The monoisotopic (exact) mass is 370 g/mol. The number of anilines is 3. The second-order valence-corrected chi connectivity index (χ2v) is 6.24. The molecule has 0 radical (unpaired) electrons. The van der Waals surface area contributed by atoms with Crippen molar-refractivity contribution in [2.24, 2.45) is 0 Å². The predicted molar refractivity (Wildman–Crippen MR) is 103 cm³/mol. The van der Waals surface area contributed by atoms with Crippen molar-refractivity contribution in [3.05, 3.63) is 53.1 Å². The molecule has 0 atom stereocenters. The summed E-state index contributed by atoms with van der Waals surface area (Å²) in [6, 6.07) is 14.4. The summed E-state index contributed by atoms with van der Waals surface area (Å²) in [5.74, 6) is -0.201. The first-order chi connectivity index (χ1) is 12.7. The lowest BCUT2D eigenvalue weighted by Crippen LogP contribution is -2.37. The van der Waals surface area contributed by atoms with Gasteiger partial charge in [0.1, 0.15) is 0 Å². The molecule has 0 saturated carbocycles. The minimum absolute atomic E-state index is 0.0917. The van der Waals surface area contributed by atoms with E-state index in [1.807, 2.05) is 18.2 Å². The van der Waals surface area contributed by atoms with Crippen LogP contribution in [0.2, 0.25) is 5.02 Å². The van der Waals surface area contributed by atoms with Gasteiger partial charge in [-0.1, -0.05) is 23.7 Å². The van der Waals surface area contributed by atoms with Gasteiger partial charge in [0.25, 0.3) is 0 Å². The maximum absolute atomic E-state index is 12.2. The molecule has 1 heterocycles. The molecule has 1 aliphatic rings. The second kappa shape index (κ2) is 8.56. The Labute approximate surface area is 157 Å². The number of carbonyl (C=O) groups is 1. The van der Waals surface area contributed by atoms with Crippen LogP contribution in [-0.2, 0) is 9.53 Å². The molecule has 7 heteroatoms. The van der Waals surface area contributed by atoms with Gasteiger partial charge in [0.2, 0.25) is 5.91 Å². The van der Waals surface area contributed by atoms with Crippen LogP contribution in [0.5, 0.6) is 0 Å². The van der Waals surface area contributed by atoms with Gasteiger partial charge in [-0.05, 0) is 30.3 Å². The number of hydrogen-bond acceptors (Lipinski definition) is 5. The number of nitriles is 1. The van der Waals surface area contributed by atoms with Crippen molar-refractivity contribution in [3.8, 4) is 6.07 Å². The van der Waals surface area contributed by atoms with E-state index in [1.165, 1.54) is 0 Å². The van der Waals surface area contributed by atoms with Gasteiger partial charge in [-0.15, -0.1) is 0 Å². The molecule has 0 aromatic heterocycles. The van der Waals surface area contributed by atoms with E-state index >= 15 is 0 Å². The quantitative estimate of drug-likeness (QED) is 0.845. The number of amides is 1. The zero-order valence-corrected chi connectivity index (χ0v) is 14.9. The molecular formula is C19H19ClN4O2. The van der Waals surface area contributed by atoms with Crippen molar-refractivity contribution in [2.45, 2.75) is 0 Å². The average Bonchev–Trinajstić information content (AvgIpc) is 2.67. The highest BCUT2D eigenvalue weighted by Gasteiger charge is 2.18. The van der Waals surface area contributed by atoms with Gasteiger partial charge in [0.15, 0.2) is 0 Å². The lowest BCUT2D eigenvalue weighted by atomic mass is 10.2. The number of para-hydroxylation sites is 1. The number of hydrogen-bond donors (Lipinski definition) is 2. The first kappa shape index (κ1) is 18.1. The van der Waals surface area contributed by atoms with Gasteiger partial charge in [0, 0.05) is 18.8 Å². The average molecular weight is 371 g/mol. The Morgan fingerprint density at radius 3 is 2.77 bits per heavy atom. The lowest BCUT2D eigenvalue weighted by molar-refractivity contribution is -0.114. The number of morpholine rings is 1. The van der Waals surface area contributed by atoms with Crippen molar-refractivity contribution in [2.75, 3.05) is 48.4 Å². The van der Waals surface area contributed by atoms with Crippen molar-refractivity contribution < 1.29 is 9.53 Å². The third-order valence-electron chi connectivity index (χ3n) is 4.03. The van der Waals surface area contributed by atoms with E-state index < -0.39 is 0 Å². The van der Waals surface area contributed by atoms with Crippen LogP contribution >= 0.6 is 11.6 Å². The highest BCUT2D eigenvalue weighted by atomic mass is 35.5. The molecule has 134 valence electrons. The normalized spacial score (nSPS) is 13.8. The molecule has 1 fully saturated rings. The summed E-state index contributed by atoms with van der Waals surface area (Å²) in [5, 5.41) is 15.5. The topological polar surface area (TPSA) is 77.4 Å². The van der Waals surface area contributed by atoms with E-state index in [1.54, 1.807) is 24.3 Å². The van der Waals surface area contributed by atoms with Crippen molar-refractivity contribution in [1.29, 1.82) is 5.26 Å². The van der Waals surface area contributed by atoms with Gasteiger partial charge in [-0.25, -0.2) is 0 Å². The fraction of sp³-hybridized carbons (Fsp3) is 0.263. The third-order valence-corrected chi connectivity index (χ3v) is 4.33. The van der Waals surface area contributed by atoms with Crippen molar-refractivity contribution in [3.63, 3.8) is 0 Å². The standard InChI is InChI=1S/C19H19ClN4O2/c20-16-5-2-6-17(19(16)24-7-9-26-10-8-24)22-13-18(25)23-15-4-1-3-14(11-15)12-21/h1-6,11,22H,7-10,13H2,(H,23,25). The fourth-order valence-electron chi connectivity index (χ4n) is 2.81. The molecule has 1 amide bonds. The van der Waals surface area contributed by atoms with Crippen molar-refractivity contribution in [1.82, 2.24) is 0 Å². The number of nitrogens with zero attached hydrogens (tertiary/aromatic N) is 2. The summed E-state index contributed by atoms with van der Waals surface area (Å²) in [6.45, 7) is 2.91. The van der Waals surface area contributed by atoms with Crippen LogP contribution in [0, 0.1) is 11.3 Å². The first-order valence-electron chi connectivity index (χ1n) is 8.32. The molecule has 0 aliphatic carbocycles. The summed E-state index contributed by atoms with van der Waals surface area (Å²) in [5.41, 5.74) is 2.78. The number of carbonyl (C=O) groups excluding carboxylic acids is 1. The van der Waals surface area contributed by atoms with Crippen LogP contribution in [0.1, 0.15) is 5.56 Å². The minimum Gasteiger partial charge on any atom is -0.378 e. The van der Waals surface area contributed by atoms with E-state index in [4.69, 9.17) is 21.6 Å². The molecule has 1 saturated heterocycles. The Hall–Kier alpha value is -2.75. The minimum atomic E-state index is -0.201. The van der Waals surface area contributed by atoms with E-state index in [0.29, 0.717) is 29.5 Å². The molecule has 0 bridgehead atoms. The Morgan fingerprint density at radius 1 is 1.23 bits per heavy atom. The molecule has 1 aliphatic heterocycles. The highest BCUT2D eigenvalue weighted by Crippen LogP contribution is 2.34. The van der Waals surface area contributed by atoms with E-state index in [9.17, 15) is 4.79 Å². The SMILES string of the molecule is N#Cc1cccc(NC(=O)CNc2cccc(Cl)c2N2CCOCC2)c1. The number of ether oxygens (including phenoxy) is 1. The summed E-state index contributed by atoms with van der Waals surface area (Å²) < 4.78 is 5.39. The Morgan fingerprint density at radius 2 is 2.00 bits per heavy atom. The van der Waals surface area contributed by atoms with Crippen LogP contribution in [0.4, 0.5) is 17.1 Å². The molecule has 3 rings (SSSR count). The molecule has 2 N–H and O–H groups in total. The smallest absolute Gasteiger partial charge is 0.243 e. The van der Waals surface area contributed by atoms with E-state index in [0.717, 1.165) is 24.5 Å². The summed E-state index contributed by atoms with van der Waals surface area (Å²) in [4.78, 5) is 14.4. The van der Waals surface area contributed by atoms with Gasteiger partial charge in [0.05, 0.1) is 47.8 Å². The van der Waals surface area contributed by atoms with Crippen molar-refractivity contribution >= 4 is 34.6 Å². The van der Waals surface area contributed by atoms with Gasteiger partial charge < -0.3 is 20.3 Å². The van der Waals surface area contributed by atoms with Crippen LogP contribution < -0.4 is 15.5 Å². The maximum Gasteiger partial charge on any atom is 0.243 e. The second-order valence-electron chi connectivity index (χ2n) is 5.83. The first-order valence-corrected chi connectivity index (χ1v) is 8.70. The molecule has 0 unspecified atom stereocenters. The number of halogens is 1. The Bertz CT molecular complexity index is 829. The van der Waals surface area contributed by atoms with Crippen LogP contribution in [0.25, 0.3) is 0 Å². The molecule has 2 aromatic rings.